The monoisotopic (exact) mass is 216 g/mol. The Morgan fingerprint density at radius 1 is 1.50 bits per heavy atom. The number of hydrogen-bond acceptors (Lipinski definition) is 3. The van der Waals surface area contributed by atoms with E-state index in [-0.39, 0.29) is 0 Å². The van der Waals surface area contributed by atoms with Gasteiger partial charge in [-0.1, -0.05) is 0 Å². The molecule has 1 aliphatic rings. The van der Waals surface area contributed by atoms with Gasteiger partial charge in [-0.2, -0.15) is 5.10 Å². The Kier molecular flexibility index (Phi) is 2.09. The number of rotatable bonds is 3. The topological polar surface area (TPSA) is 53.6 Å². The maximum atomic E-state index is 4.42. The van der Waals surface area contributed by atoms with Gasteiger partial charge in [0.05, 0.1) is 10.9 Å². The maximum Gasteiger partial charge on any atom is 0.137 e. The highest BCUT2D eigenvalue weighted by molar-refractivity contribution is 5.91. The van der Waals surface area contributed by atoms with Crippen LogP contribution in [0.15, 0.2) is 12.3 Å². The summed E-state index contributed by atoms with van der Waals surface area (Å²) in [5, 5.41) is 11.9. The Balaban J connectivity index is 1.98. The zero-order valence-corrected chi connectivity index (χ0v) is 9.62. The highest BCUT2D eigenvalue weighted by Gasteiger charge is 2.28. The number of fused-ring (bicyclic) bond motifs is 1. The van der Waals surface area contributed by atoms with Crippen molar-refractivity contribution in [2.45, 2.75) is 32.7 Å². The molecule has 3 rings (SSSR count). The molecule has 4 heteroatoms. The molecule has 84 valence electrons. The fraction of sp³-hybridized carbons (Fsp3) is 0.500. The third-order valence-electron chi connectivity index (χ3n) is 3.34. The van der Waals surface area contributed by atoms with Gasteiger partial charge in [0.15, 0.2) is 0 Å². The van der Waals surface area contributed by atoms with Crippen LogP contribution in [-0.4, -0.2) is 21.2 Å². The summed E-state index contributed by atoms with van der Waals surface area (Å²) in [7, 11) is 0. The van der Waals surface area contributed by atoms with Crippen molar-refractivity contribution < 1.29 is 0 Å². The number of hydrogen-bond donors (Lipinski definition) is 2. The normalized spacial score (nSPS) is 17.6. The van der Waals surface area contributed by atoms with E-state index in [9.17, 15) is 0 Å². The van der Waals surface area contributed by atoms with Gasteiger partial charge in [-0.3, -0.25) is 5.10 Å². The van der Waals surface area contributed by atoms with Crippen LogP contribution in [0.3, 0.4) is 0 Å². The van der Waals surface area contributed by atoms with E-state index in [1.807, 2.05) is 19.2 Å². The van der Waals surface area contributed by atoms with Gasteiger partial charge in [0.25, 0.3) is 0 Å². The van der Waals surface area contributed by atoms with Gasteiger partial charge >= 0.3 is 0 Å². The van der Waals surface area contributed by atoms with Crippen LogP contribution in [0.5, 0.6) is 0 Å². The molecule has 2 aromatic heterocycles. The largest absolute Gasteiger partial charge is 0.367 e. The summed E-state index contributed by atoms with van der Waals surface area (Å²) in [5.41, 5.74) is 2.06. The van der Waals surface area contributed by atoms with E-state index < -0.39 is 0 Å². The highest BCUT2D eigenvalue weighted by atomic mass is 15.1. The Bertz CT molecular complexity index is 513. The molecule has 4 nitrogen and oxygen atoms in total. The molecule has 0 bridgehead atoms. The minimum atomic E-state index is 0.507. The number of H-pyrrole nitrogens is 1. The molecule has 0 amide bonds. The van der Waals surface area contributed by atoms with Crippen molar-refractivity contribution in [1.82, 2.24) is 15.2 Å². The second-order valence-corrected chi connectivity index (χ2v) is 4.67. The number of pyridine rings is 1. The second-order valence-electron chi connectivity index (χ2n) is 4.67. The maximum absolute atomic E-state index is 4.42. The Labute approximate surface area is 94.5 Å². The predicted octanol–water partition coefficient (Wildman–Crippen LogP) is 2.48. The van der Waals surface area contributed by atoms with Crippen molar-refractivity contribution in [3.05, 3.63) is 18.0 Å². The molecule has 2 heterocycles. The van der Waals surface area contributed by atoms with Crippen LogP contribution in [0, 0.1) is 12.8 Å². The molecule has 0 spiro atoms. The zero-order chi connectivity index (χ0) is 11.1. The lowest BCUT2D eigenvalue weighted by Crippen LogP contribution is -2.18. The summed E-state index contributed by atoms with van der Waals surface area (Å²) >= 11 is 0. The van der Waals surface area contributed by atoms with E-state index in [2.05, 4.69) is 27.4 Å². The highest BCUT2D eigenvalue weighted by Crippen LogP contribution is 2.34. The van der Waals surface area contributed by atoms with Gasteiger partial charge in [-0.05, 0) is 38.7 Å². The van der Waals surface area contributed by atoms with E-state index in [1.54, 1.807) is 0 Å². The van der Waals surface area contributed by atoms with Crippen molar-refractivity contribution >= 4 is 16.7 Å². The first kappa shape index (κ1) is 9.63. The second kappa shape index (κ2) is 3.47. The lowest BCUT2D eigenvalue weighted by atomic mass is 10.2. The average molecular weight is 216 g/mol. The molecule has 0 saturated heterocycles. The van der Waals surface area contributed by atoms with Gasteiger partial charge in [-0.25, -0.2) is 4.98 Å². The van der Waals surface area contributed by atoms with Gasteiger partial charge in [0, 0.05) is 17.9 Å². The first-order chi connectivity index (χ1) is 7.75. The number of nitrogens with zero attached hydrogens (tertiary/aromatic N) is 2. The van der Waals surface area contributed by atoms with E-state index in [1.165, 1.54) is 12.8 Å². The Hall–Kier alpha value is -1.58. The number of aromatic nitrogens is 3. The SMILES string of the molecule is Cc1[nH]nc2ccnc(NC(C)C3CC3)c12. The van der Waals surface area contributed by atoms with Crippen molar-refractivity contribution in [1.29, 1.82) is 0 Å². The molecular formula is C12H16N4. The number of aryl methyl sites for hydroxylation is 1. The van der Waals surface area contributed by atoms with Crippen LogP contribution in [0.25, 0.3) is 10.9 Å². The third kappa shape index (κ3) is 1.54. The van der Waals surface area contributed by atoms with E-state index >= 15 is 0 Å². The minimum Gasteiger partial charge on any atom is -0.367 e. The number of anilines is 1. The van der Waals surface area contributed by atoms with Gasteiger partial charge in [0.1, 0.15) is 5.82 Å². The summed E-state index contributed by atoms with van der Waals surface area (Å²) in [4.78, 5) is 4.42. The standard InChI is InChI=1S/C12H16N4/c1-7(9-3-4-9)14-12-11-8(2)15-16-10(11)5-6-13-12/h5-7,9H,3-4H2,1-2H3,(H,13,14)(H,15,16). The van der Waals surface area contributed by atoms with Crippen LogP contribution in [0.2, 0.25) is 0 Å². The molecule has 0 aliphatic heterocycles. The number of nitrogens with one attached hydrogen (secondary N) is 2. The molecule has 1 saturated carbocycles. The van der Waals surface area contributed by atoms with Crippen LogP contribution in [-0.2, 0) is 0 Å². The first-order valence-corrected chi connectivity index (χ1v) is 5.82. The lowest BCUT2D eigenvalue weighted by Gasteiger charge is -2.14. The van der Waals surface area contributed by atoms with Crippen LogP contribution >= 0.6 is 0 Å². The summed E-state index contributed by atoms with van der Waals surface area (Å²) < 4.78 is 0. The quantitative estimate of drug-likeness (QED) is 0.828. The molecule has 2 N–H and O–H groups in total. The van der Waals surface area contributed by atoms with Crippen LogP contribution in [0.4, 0.5) is 5.82 Å². The average Bonchev–Trinajstić information content (AvgIpc) is 3.05. The Morgan fingerprint density at radius 2 is 2.31 bits per heavy atom. The molecule has 1 atom stereocenters. The molecule has 0 radical (unpaired) electrons. The van der Waals surface area contributed by atoms with E-state index in [4.69, 9.17) is 0 Å². The molecule has 1 unspecified atom stereocenters. The number of aromatic amines is 1. The summed E-state index contributed by atoms with van der Waals surface area (Å²) in [6.45, 7) is 4.26. The van der Waals surface area contributed by atoms with Crippen molar-refractivity contribution in [3.8, 4) is 0 Å². The van der Waals surface area contributed by atoms with Crippen LogP contribution in [0.1, 0.15) is 25.5 Å². The van der Waals surface area contributed by atoms with Crippen molar-refractivity contribution in [2.75, 3.05) is 5.32 Å². The predicted molar refractivity (Wildman–Crippen MR) is 64.4 cm³/mol. The molecule has 1 aliphatic carbocycles. The molecule has 0 aromatic carbocycles. The molecular weight excluding hydrogens is 200 g/mol. The third-order valence-corrected chi connectivity index (χ3v) is 3.34. The van der Waals surface area contributed by atoms with Gasteiger partial charge in [-0.15, -0.1) is 0 Å². The summed E-state index contributed by atoms with van der Waals surface area (Å²) in [6.07, 6.45) is 4.49. The van der Waals surface area contributed by atoms with Crippen LogP contribution < -0.4 is 5.32 Å². The van der Waals surface area contributed by atoms with Crippen molar-refractivity contribution in [3.63, 3.8) is 0 Å². The summed E-state index contributed by atoms with van der Waals surface area (Å²) in [6, 6.07) is 2.44. The molecule has 2 aromatic rings. The summed E-state index contributed by atoms with van der Waals surface area (Å²) in [5.74, 6) is 1.78. The van der Waals surface area contributed by atoms with E-state index in [0.717, 1.165) is 28.3 Å². The molecule has 1 fully saturated rings. The van der Waals surface area contributed by atoms with Gasteiger partial charge < -0.3 is 5.32 Å². The fourth-order valence-electron chi connectivity index (χ4n) is 2.15. The lowest BCUT2D eigenvalue weighted by molar-refractivity contribution is 0.692. The van der Waals surface area contributed by atoms with Gasteiger partial charge in [0.2, 0.25) is 0 Å². The fourth-order valence-corrected chi connectivity index (χ4v) is 2.15. The Morgan fingerprint density at radius 3 is 3.06 bits per heavy atom. The smallest absolute Gasteiger partial charge is 0.137 e. The zero-order valence-electron chi connectivity index (χ0n) is 9.62. The minimum absolute atomic E-state index is 0.507. The van der Waals surface area contributed by atoms with E-state index in [0.29, 0.717) is 6.04 Å². The van der Waals surface area contributed by atoms with Crippen molar-refractivity contribution in [2.24, 2.45) is 5.92 Å². The molecule has 16 heavy (non-hydrogen) atoms. The first-order valence-electron chi connectivity index (χ1n) is 5.82.